The van der Waals surface area contributed by atoms with Gasteiger partial charge in [-0.25, -0.2) is 4.90 Å². The fourth-order valence-corrected chi connectivity index (χ4v) is 4.04. The molecule has 0 atom stereocenters. The third-order valence-electron chi connectivity index (χ3n) is 6.09. The lowest BCUT2D eigenvalue weighted by Crippen LogP contribution is -2.32. The third kappa shape index (κ3) is 4.46. The van der Waals surface area contributed by atoms with Gasteiger partial charge in [-0.3, -0.25) is 9.59 Å². The predicted octanol–water partition coefficient (Wildman–Crippen LogP) is 6.11. The summed E-state index contributed by atoms with van der Waals surface area (Å²) in [4.78, 5) is 28.6. The van der Waals surface area contributed by atoms with Gasteiger partial charge in [0.15, 0.2) is 0 Å². The van der Waals surface area contributed by atoms with E-state index in [0.29, 0.717) is 23.4 Å². The number of hydrogen-bond acceptors (Lipinski definition) is 4. The summed E-state index contributed by atoms with van der Waals surface area (Å²) in [5.41, 5.74) is 6.91. The van der Waals surface area contributed by atoms with Crippen LogP contribution in [0.4, 0.5) is 11.4 Å². The highest BCUT2D eigenvalue weighted by Gasteiger charge is 2.40. The molecule has 1 aliphatic rings. The van der Waals surface area contributed by atoms with Gasteiger partial charge in [0.1, 0.15) is 11.4 Å². The number of ether oxygens (including phenoxy) is 1. The molecule has 5 nitrogen and oxygen atoms in total. The normalized spacial score (nSPS) is 13.6. The van der Waals surface area contributed by atoms with Crippen LogP contribution in [0.1, 0.15) is 41.2 Å². The van der Waals surface area contributed by atoms with Crippen LogP contribution in [0, 0.1) is 27.7 Å². The van der Waals surface area contributed by atoms with Gasteiger partial charge in [-0.2, -0.15) is 0 Å². The summed E-state index contributed by atoms with van der Waals surface area (Å²) in [7, 11) is 0. The molecule has 0 bridgehead atoms. The average molecular weight is 455 g/mol. The van der Waals surface area contributed by atoms with Crippen molar-refractivity contribution in [1.82, 2.24) is 0 Å². The van der Waals surface area contributed by atoms with E-state index in [4.69, 9.17) is 4.74 Å². The van der Waals surface area contributed by atoms with Gasteiger partial charge >= 0.3 is 0 Å². The first-order valence-electron chi connectivity index (χ1n) is 11.6. The minimum absolute atomic E-state index is 0.275. The zero-order valence-corrected chi connectivity index (χ0v) is 20.4. The standard InChI is InChI=1S/C29H30N2O3/c1-6-15-34-24-12-9-22(10-13-24)26-27(30-25-14-7-18(2)16-21(25)5)29(33)31(28(26)32)23-11-8-19(3)20(4)17-23/h7-14,16-17,30H,6,15H2,1-5H3. The highest BCUT2D eigenvalue weighted by atomic mass is 16.5. The van der Waals surface area contributed by atoms with E-state index in [-0.39, 0.29) is 17.5 Å². The van der Waals surface area contributed by atoms with Crippen LogP contribution >= 0.6 is 0 Å². The number of aryl methyl sites for hydroxylation is 4. The topological polar surface area (TPSA) is 58.6 Å². The first-order chi connectivity index (χ1) is 16.3. The number of anilines is 2. The lowest BCUT2D eigenvalue weighted by atomic mass is 10.0. The van der Waals surface area contributed by atoms with Crippen LogP contribution < -0.4 is 15.0 Å². The number of carbonyl (C=O) groups excluding carboxylic acids is 2. The molecule has 3 aromatic carbocycles. The van der Waals surface area contributed by atoms with Crippen LogP contribution in [0.25, 0.3) is 5.57 Å². The summed E-state index contributed by atoms with van der Waals surface area (Å²) in [6.45, 7) is 10.7. The van der Waals surface area contributed by atoms with Crippen LogP contribution in [0.3, 0.4) is 0 Å². The van der Waals surface area contributed by atoms with E-state index in [0.717, 1.165) is 40.1 Å². The fourth-order valence-electron chi connectivity index (χ4n) is 4.04. The number of rotatable bonds is 7. The van der Waals surface area contributed by atoms with Crippen LogP contribution in [-0.4, -0.2) is 18.4 Å². The lowest BCUT2D eigenvalue weighted by Gasteiger charge is -2.17. The van der Waals surface area contributed by atoms with Crippen molar-refractivity contribution < 1.29 is 14.3 Å². The Kier molecular flexibility index (Phi) is 6.55. The second kappa shape index (κ2) is 9.56. The van der Waals surface area contributed by atoms with Crippen molar-refractivity contribution in [3.63, 3.8) is 0 Å². The van der Waals surface area contributed by atoms with Gasteiger partial charge in [0.05, 0.1) is 17.9 Å². The van der Waals surface area contributed by atoms with Crippen LogP contribution in [-0.2, 0) is 9.59 Å². The van der Waals surface area contributed by atoms with Gasteiger partial charge < -0.3 is 10.1 Å². The second-order valence-electron chi connectivity index (χ2n) is 8.78. The number of benzene rings is 3. The molecule has 0 fully saturated rings. The van der Waals surface area contributed by atoms with Crippen LogP contribution in [0.2, 0.25) is 0 Å². The van der Waals surface area contributed by atoms with Gasteiger partial charge in [0, 0.05) is 5.69 Å². The molecular formula is C29H30N2O3. The fraction of sp³-hybridized carbons (Fsp3) is 0.241. The van der Waals surface area contributed by atoms with Crippen molar-refractivity contribution in [2.45, 2.75) is 41.0 Å². The molecule has 0 saturated heterocycles. The molecule has 0 saturated carbocycles. The van der Waals surface area contributed by atoms with E-state index in [1.54, 1.807) is 0 Å². The van der Waals surface area contributed by atoms with E-state index in [9.17, 15) is 9.59 Å². The molecule has 174 valence electrons. The van der Waals surface area contributed by atoms with Gasteiger partial charge in [-0.05, 0) is 86.7 Å². The summed E-state index contributed by atoms with van der Waals surface area (Å²) < 4.78 is 5.69. The molecule has 5 heteroatoms. The maximum absolute atomic E-state index is 13.7. The number of carbonyl (C=O) groups is 2. The largest absolute Gasteiger partial charge is 0.494 e. The summed E-state index contributed by atoms with van der Waals surface area (Å²) in [6, 6.07) is 18.9. The van der Waals surface area contributed by atoms with Crippen LogP contribution in [0.15, 0.2) is 66.4 Å². The Morgan fingerprint density at radius 2 is 1.53 bits per heavy atom. The molecule has 3 aromatic rings. The molecule has 0 unspecified atom stereocenters. The first kappa shape index (κ1) is 23.3. The Balaban J connectivity index is 1.79. The smallest absolute Gasteiger partial charge is 0.282 e. The molecule has 0 aliphatic carbocycles. The number of nitrogens with one attached hydrogen (secondary N) is 1. The van der Waals surface area contributed by atoms with Crippen molar-refractivity contribution in [2.24, 2.45) is 0 Å². The minimum Gasteiger partial charge on any atom is -0.494 e. The highest BCUT2D eigenvalue weighted by molar-refractivity contribution is 6.46. The SMILES string of the molecule is CCCOc1ccc(C2=C(Nc3ccc(C)cc3C)C(=O)N(c3ccc(C)c(C)c3)C2=O)cc1. The number of imide groups is 1. The molecule has 1 aliphatic heterocycles. The van der Waals surface area contributed by atoms with Crippen molar-refractivity contribution in [2.75, 3.05) is 16.8 Å². The number of nitrogens with zero attached hydrogens (tertiary/aromatic N) is 1. The second-order valence-corrected chi connectivity index (χ2v) is 8.78. The lowest BCUT2D eigenvalue weighted by molar-refractivity contribution is -0.120. The van der Waals surface area contributed by atoms with E-state index in [1.165, 1.54) is 4.90 Å². The molecule has 1 N–H and O–H groups in total. The van der Waals surface area contributed by atoms with E-state index >= 15 is 0 Å². The van der Waals surface area contributed by atoms with Crippen molar-refractivity contribution in [3.05, 3.63) is 94.2 Å². The van der Waals surface area contributed by atoms with Crippen molar-refractivity contribution in [1.29, 1.82) is 0 Å². The molecule has 34 heavy (non-hydrogen) atoms. The van der Waals surface area contributed by atoms with Gasteiger partial charge in [0.2, 0.25) is 0 Å². The Morgan fingerprint density at radius 3 is 2.18 bits per heavy atom. The van der Waals surface area contributed by atoms with E-state index < -0.39 is 0 Å². The summed E-state index contributed by atoms with van der Waals surface area (Å²) in [5.74, 6) is 0.0233. The van der Waals surface area contributed by atoms with Crippen molar-refractivity contribution >= 4 is 28.8 Å². The molecular weight excluding hydrogens is 424 g/mol. The highest BCUT2D eigenvalue weighted by Crippen LogP contribution is 2.35. The molecule has 0 spiro atoms. The monoisotopic (exact) mass is 454 g/mol. The Morgan fingerprint density at radius 1 is 0.794 bits per heavy atom. The summed E-state index contributed by atoms with van der Waals surface area (Å²) in [6.07, 6.45) is 0.911. The van der Waals surface area contributed by atoms with Gasteiger partial charge in [-0.1, -0.05) is 42.8 Å². The number of amides is 2. The van der Waals surface area contributed by atoms with Crippen LogP contribution in [0.5, 0.6) is 5.75 Å². The van der Waals surface area contributed by atoms with Crippen molar-refractivity contribution in [3.8, 4) is 5.75 Å². The maximum Gasteiger partial charge on any atom is 0.282 e. The Labute approximate surface area is 201 Å². The molecule has 4 rings (SSSR count). The van der Waals surface area contributed by atoms with Gasteiger partial charge in [0.25, 0.3) is 11.8 Å². The van der Waals surface area contributed by atoms with E-state index in [1.807, 2.05) is 95.3 Å². The summed E-state index contributed by atoms with van der Waals surface area (Å²) in [5, 5.41) is 3.28. The zero-order valence-electron chi connectivity index (χ0n) is 20.4. The average Bonchev–Trinajstić information content (AvgIpc) is 3.05. The Hall–Kier alpha value is -3.86. The predicted molar refractivity (Wildman–Crippen MR) is 137 cm³/mol. The summed E-state index contributed by atoms with van der Waals surface area (Å²) >= 11 is 0. The maximum atomic E-state index is 13.7. The molecule has 0 aromatic heterocycles. The van der Waals surface area contributed by atoms with Gasteiger partial charge in [-0.15, -0.1) is 0 Å². The molecule has 2 amide bonds. The van der Waals surface area contributed by atoms with E-state index in [2.05, 4.69) is 5.32 Å². The Bertz CT molecular complexity index is 1290. The zero-order chi connectivity index (χ0) is 24.4. The minimum atomic E-state index is -0.366. The third-order valence-corrected chi connectivity index (χ3v) is 6.09. The number of hydrogen-bond donors (Lipinski definition) is 1. The molecule has 0 radical (unpaired) electrons. The first-order valence-corrected chi connectivity index (χ1v) is 11.6. The quantitative estimate of drug-likeness (QED) is 0.438. The molecule has 1 heterocycles.